The van der Waals surface area contributed by atoms with Crippen LogP contribution in [0.5, 0.6) is 11.5 Å². The van der Waals surface area contributed by atoms with Crippen molar-refractivity contribution in [3.05, 3.63) is 53.6 Å². The first kappa shape index (κ1) is 10.8. The molecule has 0 bridgehead atoms. The molecule has 1 aliphatic rings. The minimum atomic E-state index is -3.08. The van der Waals surface area contributed by atoms with E-state index in [0.717, 1.165) is 17.0 Å². The lowest BCUT2D eigenvalue weighted by Gasteiger charge is -2.35. The average Bonchev–Trinajstić information content (AvgIpc) is 2.87. The maximum atomic E-state index is 13.1. The summed E-state index contributed by atoms with van der Waals surface area (Å²) in [6.07, 6.45) is -2.91. The molecule has 1 amide bonds. The van der Waals surface area contributed by atoms with Gasteiger partial charge in [-0.05, 0) is 37.0 Å². The first-order chi connectivity index (χ1) is 20.3. The van der Waals surface area contributed by atoms with Crippen LogP contribution in [0.3, 0.4) is 0 Å². The second-order valence-electron chi connectivity index (χ2n) is 6.76. The summed E-state index contributed by atoms with van der Waals surface area (Å²) in [6, 6.07) is 8.72. The largest absolute Gasteiger partial charge is 0.493 e. The van der Waals surface area contributed by atoms with Gasteiger partial charge in [0.25, 0.3) is 0 Å². The summed E-state index contributed by atoms with van der Waals surface area (Å²) in [5, 5.41) is 12.9. The number of carbonyl (C=O) groups excluding carboxylic acids is 1. The smallest absolute Gasteiger partial charge is 0.238 e. The van der Waals surface area contributed by atoms with Gasteiger partial charge in [-0.1, -0.05) is 30.3 Å². The van der Waals surface area contributed by atoms with E-state index in [9.17, 15) is 9.90 Å². The van der Waals surface area contributed by atoms with Crippen LogP contribution in [0.25, 0.3) is 0 Å². The first-order valence-corrected chi connectivity index (χ1v) is 9.47. The van der Waals surface area contributed by atoms with E-state index < -0.39 is 69.1 Å². The summed E-state index contributed by atoms with van der Waals surface area (Å²) >= 11 is 0. The van der Waals surface area contributed by atoms with Gasteiger partial charge in [0.2, 0.25) is 5.91 Å². The van der Waals surface area contributed by atoms with Crippen molar-refractivity contribution in [2.45, 2.75) is 19.8 Å². The van der Waals surface area contributed by atoms with Gasteiger partial charge in [-0.15, -0.1) is 0 Å². The van der Waals surface area contributed by atoms with Gasteiger partial charge in [0.1, 0.15) is 12.6 Å². The fourth-order valence-corrected chi connectivity index (χ4v) is 2.97. The Balaban J connectivity index is 1.70. The second-order valence-corrected chi connectivity index (χ2v) is 6.76. The number of para-hydroxylation sites is 3. The molecule has 0 saturated carbocycles. The van der Waals surface area contributed by atoms with E-state index in [1.165, 1.54) is 35.2 Å². The Morgan fingerprint density at radius 1 is 1.13 bits per heavy atom. The van der Waals surface area contributed by atoms with Crippen LogP contribution in [-0.2, 0) is 4.79 Å². The van der Waals surface area contributed by atoms with Gasteiger partial charge in [0.15, 0.2) is 11.5 Å². The summed E-state index contributed by atoms with van der Waals surface area (Å²) in [7, 11) is -2.87. The molecule has 0 spiro atoms. The van der Waals surface area contributed by atoms with Crippen molar-refractivity contribution in [1.82, 2.24) is 9.80 Å². The number of amides is 1. The van der Waals surface area contributed by atoms with Crippen molar-refractivity contribution in [1.29, 1.82) is 0 Å². The highest BCUT2D eigenvalue weighted by molar-refractivity contribution is 5.93. The molecular formula is C24H33N3O4. The minimum Gasteiger partial charge on any atom is -0.493 e. The number of β-amino-alcohol motifs (C(OH)–C–C–N with tert-alkyl or cyclic N) is 1. The zero-order valence-corrected chi connectivity index (χ0v) is 16.6. The molecule has 7 heteroatoms. The lowest BCUT2D eigenvalue weighted by atomic mass is 10.1. The number of piperazine rings is 1. The van der Waals surface area contributed by atoms with Crippen LogP contribution in [0.4, 0.5) is 5.69 Å². The monoisotopic (exact) mass is 441 g/mol. The third-order valence-electron chi connectivity index (χ3n) is 4.55. The van der Waals surface area contributed by atoms with E-state index in [-0.39, 0.29) is 37.7 Å². The van der Waals surface area contributed by atoms with Crippen molar-refractivity contribution < 1.29 is 38.6 Å². The number of ether oxygens (including phenoxy) is 2. The summed E-state index contributed by atoms with van der Waals surface area (Å²) in [4.78, 5) is 15.7. The predicted octanol–water partition coefficient (Wildman–Crippen LogP) is 2.31. The normalized spacial score (nSPS) is 25.8. The summed E-state index contributed by atoms with van der Waals surface area (Å²) in [5.74, 6) is -2.01. The number of benzene rings is 2. The SMILES string of the molecule is [2H]C([2H])([2H])Oc1ccccc1OC([2H])([2H])C([2H])(O)CN1CCN(C([2H])([2H])C(=O)Nc2c(C([2H])([2H])[2H])cccc2C([2H])([2H])[2H])CC1. The predicted molar refractivity (Wildman–Crippen MR) is 122 cm³/mol. The molecule has 1 atom stereocenters. The van der Waals surface area contributed by atoms with Gasteiger partial charge < -0.3 is 19.9 Å². The van der Waals surface area contributed by atoms with Gasteiger partial charge >= 0.3 is 0 Å². The highest BCUT2D eigenvalue weighted by Crippen LogP contribution is 2.25. The number of aliphatic hydroxyl groups is 1. The van der Waals surface area contributed by atoms with Crippen molar-refractivity contribution in [2.75, 3.05) is 58.1 Å². The van der Waals surface area contributed by atoms with Gasteiger partial charge in [-0.2, -0.15) is 0 Å². The molecule has 0 aromatic heterocycles. The number of carbonyl (C=O) groups is 1. The Labute approximate surface area is 204 Å². The molecule has 3 rings (SSSR count). The molecule has 2 aromatic rings. The zero-order valence-electron chi connectivity index (χ0n) is 30.6. The second kappa shape index (κ2) is 11.1. The maximum Gasteiger partial charge on any atom is 0.238 e. The lowest BCUT2D eigenvalue weighted by molar-refractivity contribution is -0.117. The zero-order chi connectivity index (χ0) is 34.2. The maximum absolute atomic E-state index is 13.1. The van der Waals surface area contributed by atoms with Crippen LogP contribution in [0.2, 0.25) is 0 Å². The molecule has 31 heavy (non-hydrogen) atoms. The Hall–Kier alpha value is -2.61. The summed E-state index contributed by atoms with van der Waals surface area (Å²) in [6.45, 7) is -12.5. The Kier molecular flexibility index (Phi) is 3.88. The Morgan fingerprint density at radius 3 is 2.48 bits per heavy atom. The molecule has 2 N–H and O–H groups in total. The molecule has 1 unspecified atom stereocenters. The number of rotatable bonds is 9. The van der Waals surface area contributed by atoms with E-state index in [4.69, 9.17) is 28.7 Å². The number of aryl methyl sites for hydroxylation is 2. The number of hydrogen-bond donors (Lipinski definition) is 2. The molecule has 168 valence electrons. The van der Waals surface area contributed by atoms with E-state index in [1.807, 2.05) is 0 Å². The van der Waals surface area contributed by atoms with E-state index in [1.54, 1.807) is 0 Å². The topological polar surface area (TPSA) is 74.3 Å². The van der Waals surface area contributed by atoms with Crippen molar-refractivity contribution in [3.63, 3.8) is 0 Å². The standard InChI is InChI=1S/C24H33N3O4/c1-18-7-6-8-19(2)24(18)25-23(29)16-27-13-11-26(12-14-27)15-20(28)17-31-22-10-5-4-9-21(22)30-3/h4-10,20,28H,11-17H2,1-3H3,(H,25,29)/i1D3,2D3,3D3,16D2,17D2,20D. The van der Waals surface area contributed by atoms with Crippen LogP contribution in [0.1, 0.15) is 30.3 Å². The molecule has 2 aromatic carbocycles. The fraction of sp³-hybridized carbons (Fsp3) is 0.458. The van der Waals surface area contributed by atoms with Crippen molar-refractivity contribution in [3.8, 4) is 11.5 Å². The number of nitrogens with one attached hydrogen (secondary N) is 1. The minimum absolute atomic E-state index is 0.0464. The van der Waals surface area contributed by atoms with E-state index >= 15 is 0 Å². The molecule has 0 aliphatic carbocycles. The molecule has 1 heterocycles. The van der Waals surface area contributed by atoms with Crippen molar-refractivity contribution >= 4 is 11.6 Å². The first-order valence-electron chi connectivity index (χ1n) is 16.5. The average molecular weight is 442 g/mol. The molecule has 1 fully saturated rings. The van der Waals surface area contributed by atoms with E-state index in [2.05, 4.69) is 5.32 Å². The summed E-state index contributed by atoms with van der Waals surface area (Å²) < 4.78 is 120. The number of anilines is 1. The summed E-state index contributed by atoms with van der Waals surface area (Å²) in [5.41, 5.74) is -1.47. The fourth-order valence-electron chi connectivity index (χ4n) is 2.97. The molecule has 0 radical (unpaired) electrons. The third kappa shape index (κ3) is 6.69. The Bertz CT molecular complexity index is 1320. The number of nitrogens with zero attached hydrogens (tertiary/aromatic N) is 2. The van der Waals surface area contributed by atoms with Crippen LogP contribution in [-0.4, -0.2) is 79.7 Å². The lowest BCUT2D eigenvalue weighted by Crippen LogP contribution is -2.50. The van der Waals surface area contributed by atoms with Gasteiger partial charge in [0, 0.05) is 46.6 Å². The number of hydrogen-bond acceptors (Lipinski definition) is 6. The quantitative estimate of drug-likeness (QED) is 0.622. The highest BCUT2D eigenvalue weighted by atomic mass is 16.5. The van der Waals surface area contributed by atoms with Gasteiger partial charge in [0.05, 0.1) is 24.5 Å². The molecule has 1 saturated heterocycles. The van der Waals surface area contributed by atoms with Crippen molar-refractivity contribution in [2.24, 2.45) is 0 Å². The van der Waals surface area contributed by atoms with Crippen LogP contribution < -0.4 is 14.8 Å². The van der Waals surface area contributed by atoms with Crippen LogP contribution in [0, 0.1) is 13.7 Å². The molecular weight excluding hydrogens is 394 g/mol. The van der Waals surface area contributed by atoms with Crippen LogP contribution >= 0.6 is 0 Å². The van der Waals surface area contributed by atoms with Gasteiger partial charge in [-0.3, -0.25) is 14.6 Å². The number of methoxy groups -OCH3 is 1. The molecule has 1 aliphatic heterocycles. The molecule has 7 nitrogen and oxygen atoms in total. The third-order valence-corrected chi connectivity index (χ3v) is 4.55. The Morgan fingerprint density at radius 2 is 1.81 bits per heavy atom. The van der Waals surface area contributed by atoms with E-state index in [0.29, 0.717) is 0 Å². The van der Waals surface area contributed by atoms with Gasteiger partial charge in [-0.25, -0.2) is 0 Å². The van der Waals surface area contributed by atoms with Crippen LogP contribution in [0.15, 0.2) is 42.5 Å². The highest BCUT2D eigenvalue weighted by Gasteiger charge is 2.21.